The first-order chi connectivity index (χ1) is 13.2. The molecule has 0 radical (unpaired) electrons. The molecule has 8 heteroatoms. The van der Waals surface area contributed by atoms with E-state index < -0.39 is 36.0 Å². The van der Waals surface area contributed by atoms with Crippen LogP contribution < -0.4 is 10.7 Å². The first kappa shape index (κ1) is 21.4. The van der Waals surface area contributed by atoms with E-state index in [9.17, 15) is 19.2 Å². The zero-order chi connectivity index (χ0) is 20.7. The first-order valence-electron chi connectivity index (χ1n) is 9.37. The van der Waals surface area contributed by atoms with Crippen molar-refractivity contribution in [2.45, 2.75) is 52.0 Å². The third-order valence-corrected chi connectivity index (χ3v) is 4.54. The number of hydrogen-bond acceptors (Lipinski definition) is 5. The highest BCUT2D eigenvalue weighted by Crippen LogP contribution is 2.22. The molecule has 2 rings (SSSR count). The molecule has 1 aromatic rings. The Morgan fingerprint density at radius 3 is 2.54 bits per heavy atom. The minimum atomic E-state index is -1.12. The number of benzene rings is 1. The van der Waals surface area contributed by atoms with E-state index in [1.165, 1.54) is 0 Å². The van der Waals surface area contributed by atoms with E-state index in [1.54, 1.807) is 6.92 Å². The molecular weight excluding hydrogens is 362 g/mol. The lowest BCUT2D eigenvalue weighted by atomic mass is 9.93. The molecule has 28 heavy (non-hydrogen) atoms. The highest BCUT2D eigenvalue weighted by atomic mass is 16.5. The van der Waals surface area contributed by atoms with Crippen LogP contribution in [0.1, 0.15) is 45.6 Å². The van der Waals surface area contributed by atoms with Crippen molar-refractivity contribution in [2.75, 3.05) is 6.61 Å². The Bertz CT molecular complexity index is 735. The number of urea groups is 1. The molecule has 1 heterocycles. The quantitative estimate of drug-likeness (QED) is 0.496. The van der Waals surface area contributed by atoms with Gasteiger partial charge in [0.2, 0.25) is 0 Å². The molecule has 1 atom stereocenters. The first-order valence-corrected chi connectivity index (χ1v) is 9.37. The number of hydrazine groups is 1. The van der Waals surface area contributed by atoms with Gasteiger partial charge >= 0.3 is 12.0 Å². The highest BCUT2D eigenvalue weighted by molar-refractivity contribution is 6.07. The monoisotopic (exact) mass is 389 g/mol. The number of esters is 1. The van der Waals surface area contributed by atoms with Crippen LogP contribution in [0.4, 0.5) is 4.79 Å². The van der Waals surface area contributed by atoms with Gasteiger partial charge in [0.15, 0.2) is 6.61 Å². The highest BCUT2D eigenvalue weighted by Gasteiger charge is 2.48. The number of amides is 4. The van der Waals surface area contributed by atoms with Gasteiger partial charge in [-0.3, -0.25) is 19.8 Å². The molecule has 0 spiro atoms. The van der Waals surface area contributed by atoms with E-state index in [0.29, 0.717) is 30.2 Å². The summed E-state index contributed by atoms with van der Waals surface area (Å²) < 4.78 is 4.87. The van der Waals surface area contributed by atoms with Crippen molar-refractivity contribution in [3.8, 4) is 0 Å². The maximum Gasteiger partial charge on any atom is 0.344 e. The minimum Gasteiger partial charge on any atom is -0.455 e. The fourth-order valence-corrected chi connectivity index (χ4v) is 2.78. The van der Waals surface area contributed by atoms with Gasteiger partial charge < -0.3 is 10.1 Å². The van der Waals surface area contributed by atoms with Crippen LogP contribution in [0.2, 0.25) is 0 Å². The summed E-state index contributed by atoms with van der Waals surface area (Å²) >= 11 is 0. The molecule has 0 aliphatic carbocycles. The summed E-state index contributed by atoms with van der Waals surface area (Å²) in [6, 6.07) is 8.89. The summed E-state index contributed by atoms with van der Waals surface area (Å²) in [5, 5.41) is 3.27. The van der Waals surface area contributed by atoms with E-state index in [1.807, 2.05) is 44.2 Å². The van der Waals surface area contributed by atoms with Crippen molar-refractivity contribution in [1.82, 2.24) is 15.8 Å². The van der Waals surface area contributed by atoms with E-state index in [2.05, 4.69) is 10.7 Å². The predicted molar refractivity (Wildman–Crippen MR) is 102 cm³/mol. The van der Waals surface area contributed by atoms with Gasteiger partial charge in [0.05, 0.1) is 0 Å². The molecule has 4 amide bonds. The van der Waals surface area contributed by atoms with E-state index in [-0.39, 0.29) is 6.42 Å². The number of imide groups is 1. The minimum absolute atomic E-state index is 0.214. The van der Waals surface area contributed by atoms with Crippen LogP contribution in [0.5, 0.6) is 0 Å². The summed E-state index contributed by atoms with van der Waals surface area (Å²) in [7, 11) is 0. The molecule has 1 aliphatic heterocycles. The number of nitrogens with zero attached hydrogens (tertiary/aromatic N) is 1. The second kappa shape index (κ2) is 9.34. The third-order valence-electron chi connectivity index (χ3n) is 4.54. The topological polar surface area (TPSA) is 105 Å². The molecular formula is C20H27N3O5. The second-order valence-electron chi connectivity index (χ2n) is 7.52. The van der Waals surface area contributed by atoms with Crippen LogP contribution in [0, 0.1) is 5.92 Å². The Kier molecular flexibility index (Phi) is 7.14. The summed E-state index contributed by atoms with van der Waals surface area (Å²) in [4.78, 5) is 48.3. The lowest BCUT2D eigenvalue weighted by Gasteiger charge is -2.21. The van der Waals surface area contributed by atoms with Crippen LogP contribution in [-0.2, 0) is 25.5 Å². The number of aryl methyl sites for hydroxylation is 1. The van der Waals surface area contributed by atoms with E-state index >= 15 is 0 Å². The van der Waals surface area contributed by atoms with Crippen molar-refractivity contribution >= 4 is 23.8 Å². The Morgan fingerprint density at radius 2 is 1.89 bits per heavy atom. The molecule has 152 valence electrons. The average molecular weight is 389 g/mol. The SMILES string of the molecule is CC(C)CCC(=O)OCC(=O)NN1C(=O)N[C@](C)(CCc2ccccc2)C1=O. The van der Waals surface area contributed by atoms with Gasteiger partial charge in [-0.15, -0.1) is 0 Å². The second-order valence-corrected chi connectivity index (χ2v) is 7.52. The van der Waals surface area contributed by atoms with Crippen molar-refractivity contribution in [3.63, 3.8) is 0 Å². The molecule has 0 saturated carbocycles. The van der Waals surface area contributed by atoms with Gasteiger partial charge in [-0.25, -0.2) is 4.79 Å². The van der Waals surface area contributed by atoms with Crippen molar-refractivity contribution in [3.05, 3.63) is 35.9 Å². The predicted octanol–water partition coefficient (Wildman–Crippen LogP) is 1.94. The Balaban J connectivity index is 1.85. The molecule has 1 saturated heterocycles. The van der Waals surface area contributed by atoms with Crippen LogP contribution >= 0.6 is 0 Å². The molecule has 1 aliphatic rings. The normalized spacial score (nSPS) is 18.9. The molecule has 0 unspecified atom stereocenters. The standard InChI is InChI=1S/C20H27N3O5/c1-14(2)9-10-17(25)28-13-16(24)22-23-18(26)20(3,21-19(23)27)12-11-15-7-5-4-6-8-15/h4-8,14H,9-13H2,1-3H3,(H,21,27)(H,22,24)/t20-/m1/s1. The van der Waals surface area contributed by atoms with Crippen LogP contribution in [0.15, 0.2) is 30.3 Å². The largest absolute Gasteiger partial charge is 0.455 e. The molecule has 2 N–H and O–H groups in total. The Hall–Kier alpha value is -2.90. The van der Waals surface area contributed by atoms with Crippen molar-refractivity contribution < 1.29 is 23.9 Å². The third kappa shape index (κ3) is 5.80. The summed E-state index contributed by atoms with van der Waals surface area (Å²) in [5.41, 5.74) is 2.13. The smallest absolute Gasteiger partial charge is 0.344 e. The maximum absolute atomic E-state index is 12.6. The molecule has 0 bridgehead atoms. The number of nitrogens with one attached hydrogen (secondary N) is 2. The van der Waals surface area contributed by atoms with E-state index in [4.69, 9.17) is 4.74 Å². The number of hydrogen-bond donors (Lipinski definition) is 2. The lowest BCUT2D eigenvalue weighted by molar-refractivity contribution is -0.150. The number of carbonyl (C=O) groups is 4. The van der Waals surface area contributed by atoms with Crippen LogP contribution in [-0.4, -0.2) is 41.0 Å². The van der Waals surface area contributed by atoms with Gasteiger partial charge in [0, 0.05) is 6.42 Å². The zero-order valence-electron chi connectivity index (χ0n) is 16.5. The van der Waals surface area contributed by atoms with Gasteiger partial charge in [0.25, 0.3) is 11.8 Å². The Morgan fingerprint density at radius 1 is 1.21 bits per heavy atom. The van der Waals surface area contributed by atoms with Gasteiger partial charge in [0.1, 0.15) is 5.54 Å². The molecule has 1 fully saturated rings. The Labute approximate surface area is 164 Å². The summed E-state index contributed by atoms with van der Waals surface area (Å²) in [5.74, 6) is -1.43. The zero-order valence-corrected chi connectivity index (χ0v) is 16.5. The van der Waals surface area contributed by atoms with Crippen molar-refractivity contribution in [1.29, 1.82) is 0 Å². The van der Waals surface area contributed by atoms with E-state index in [0.717, 1.165) is 5.56 Å². The lowest BCUT2D eigenvalue weighted by Crippen LogP contribution is -2.50. The molecule has 1 aromatic carbocycles. The number of carbonyl (C=O) groups excluding carboxylic acids is 4. The summed E-state index contributed by atoms with van der Waals surface area (Å²) in [6.45, 7) is 5.03. The molecule has 8 nitrogen and oxygen atoms in total. The summed E-state index contributed by atoms with van der Waals surface area (Å²) in [6.07, 6.45) is 1.86. The molecule has 0 aromatic heterocycles. The number of ether oxygens (including phenoxy) is 1. The van der Waals surface area contributed by atoms with Gasteiger partial charge in [-0.1, -0.05) is 44.2 Å². The average Bonchev–Trinajstić information content (AvgIpc) is 2.87. The van der Waals surface area contributed by atoms with Gasteiger partial charge in [-0.2, -0.15) is 5.01 Å². The van der Waals surface area contributed by atoms with Gasteiger partial charge in [-0.05, 0) is 37.7 Å². The fourth-order valence-electron chi connectivity index (χ4n) is 2.78. The van der Waals surface area contributed by atoms with Crippen molar-refractivity contribution in [2.24, 2.45) is 5.92 Å². The van der Waals surface area contributed by atoms with Crippen LogP contribution in [0.25, 0.3) is 0 Å². The maximum atomic E-state index is 12.6. The fraction of sp³-hybridized carbons (Fsp3) is 0.500. The van der Waals surface area contributed by atoms with Crippen LogP contribution in [0.3, 0.4) is 0 Å². The number of rotatable bonds is 9.